The van der Waals surface area contributed by atoms with Crippen LogP contribution in [0.3, 0.4) is 0 Å². The molecular formula is C16H22FN3O2. The Morgan fingerprint density at radius 2 is 2.09 bits per heavy atom. The van der Waals surface area contributed by atoms with Crippen LogP contribution < -0.4 is 10.2 Å². The Labute approximate surface area is 130 Å². The first kappa shape index (κ1) is 16.3. The van der Waals surface area contributed by atoms with Gasteiger partial charge in [0.15, 0.2) is 0 Å². The van der Waals surface area contributed by atoms with Crippen LogP contribution in [0.4, 0.5) is 14.9 Å². The molecule has 6 heteroatoms. The molecule has 1 atom stereocenters. The summed E-state index contributed by atoms with van der Waals surface area (Å²) in [6, 6.07) is 5.43. The Hall–Kier alpha value is -2.11. The van der Waals surface area contributed by atoms with Crippen molar-refractivity contribution in [2.75, 3.05) is 25.0 Å². The van der Waals surface area contributed by atoms with Gasteiger partial charge < -0.3 is 15.1 Å². The Morgan fingerprint density at radius 3 is 2.73 bits per heavy atom. The molecule has 120 valence electrons. The first-order chi connectivity index (χ1) is 10.5. The molecule has 2 rings (SSSR count). The fraction of sp³-hybridized carbons (Fsp3) is 0.500. The molecule has 1 heterocycles. The fourth-order valence-electron chi connectivity index (χ4n) is 2.46. The molecule has 1 aromatic carbocycles. The third-order valence-electron chi connectivity index (χ3n) is 3.78. The number of anilines is 1. The molecule has 1 saturated heterocycles. The third kappa shape index (κ3) is 3.96. The van der Waals surface area contributed by atoms with Crippen molar-refractivity contribution >= 4 is 17.6 Å². The van der Waals surface area contributed by atoms with Gasteiger partial charge in [0.2, 0.25) is 5.91 Å². The predicted octanol–water partition coefficient (Wildman–Crippen LogP) is 2.37. The maximum Gasteiger partial charge on any atom is 0.317 e. The molecule has 0 unspecified atom stereocenters. The van der Waals surface area contributed by atoms with E-state index in [4.69, 9.17) is 0 Å². The largest absolute Gasteiger partial charge is 0.333 e. The van der Waals surface area contributed by atoms with Gasteiger partial charge in [0, 0.05) is 32.2 Å². The van der Waals surface area contributed by atoms with Crippen LogP contribution in [-0.4, -0.2) is 43.0 Å². The van der Waals surface area contributed by atoms with E-state index in [9.17, 15) is 14.0 Å². The van der Waals surface area contributed by atoms with Gasteiger partial charge in [-0.1, -0.05) is 13.3 Å². The van der Waals surface area contributed by atoms with Crippen molar-refractivity contribution in [1.82, 2.24) is 10.2 Å². The first-order valence-corrected chi connectivity index (χ1v) is 7.58. The highest BCUT2D eigenvalue weighted by Crippen LogP contribution is 2.21. The molecular weight excluding hydrogens is 285 g/mol. The molecule has 1 fully saturated rings. The highest BCUT2D eigenvalue weighted by atomic mass is 19.1. The summed E-state index contributed by atoms with van der Waals surface area (Å²) in [7, 11) is 1.75. The highest BCUT2D eigenvalue weighted by Gasteiger charge is 2.32. The van der Waals surface area contributed by atoms with E-state index in [-0.39, 0.29) is 30.2 Å². The topological polar surface area (TPSA) is 52.7 Å². The van der Waals surface area contributed by atoms with E-state index in [1.807, 2.05) is 0 Å². The van der Waals surface area contributed by atoms with Crippen molar-refractivity contribution in [2.24, 2.45) is 0 Å². The molecule has 1 aliphatic rings. The maximum atomic E-state index is 12.9. The first-order valence-electron chi connectivity index (χ1n) is 7.58. The summed E-state index contributed by atoms with van der Waals surface area (Å²) in [5, 5.41) is 2.88. The van der Waals surface area contributed by atoms with Crippen molar-refractivity contribution < 1.29 is 14.0 Å². The smallest absolute Gasteiger partial charge is 0.317 e. The average molecular weight is 307 g/mol. The SMILES string of the molecule is CCCCN(C)C(=O)N[C@H]1CC(=O)N(c2ccc(F)cc2)C1. The predicted molar refractivity (Wildman–Crippen MR) is 83.2 cm³/mol. The van der Waals surface area contributed by atoms with Crippen LogP contribution in [-0.2, 0) is 4.79 Å². The number of nitrogens with zero attached hydrogens (tertiary/aromatic N) is 2. The van der Waals surface area contributed by atoms with Crippen LogP contribution in [0.2, 0.25) is 0 Å². The lowest BCUT2D eigenvalue weighted by Crippen LogP contribution is -2.44. The van der Waals surface area contributed by atoms with Crippen molar-refractivity contribution in [2.45, 2.75) is 32.2 Å². The molecule has 1 N–H and O–H groups in total. The molecule has 0 saturated carbocycles. The van der Waals surface area contributed by atoms with Crippen LogP contribution in [0.1, 0.15) is 26.2 Å². The van der Waals surface area contributed by atoms with Gasteiger partial charge in [-0.05, 0) is 30.7 Å². The van der Waals surface area contributed by atoms with Crippen LogP contribution in [0.25, 0.3) is 0 Å². The van der Waals surface area contributed by atoms with Crippen molar-refractivity contribution in [3.05, 3.63) is 30.1 Å². The molecule has 0 spiro atoms. The zero-order valence-electron chi connectivity index (χ0n) is 13.0. The van der Waals surface area contributed by atoms with E-state index < -0.39 is 0 Å². The molecule has 0 radical (unpaired) electrons. The maximum absolute atomic E-state index is 12.9. The Morgan fingerprint density at radius 1 is 1.41 bits per heavy atom. The lowest BCUT2D eigenvalue weighted by atomic mass is 10.2. The van der Waals surface area contributed by atoms with E-state index in [2.05, 4.69) is 12.2 Å². The van der Waals surface area contributed by atoms with Gasteiger partial charge in [-0.2, -0.15) is 0 Å². The van der Waals surface area contributed by atoms with E-state index >= 15 is 0 Å². The Kier molecular flexibility index (Phi) is 5.35. The minimum atomic E-state index is -0.335. The zero-order valence-corrected chi connectivity index (χ0v) is 13.0. The Balaban J connectivity index is 1.92. The van der Waals surface area contributed by atoms with Crippen molar-refractivity contribution in [3.8, 4) is 0 Å². The summed E-state index contributed by atoms with van der Waals surface area (Å²) in [5.41, 5.74) is 0.655. The number of unbranched alkanes of at least 4 members (excludes halogenated alkanes) is 1. The van der Waals surface area contributed by atoms with E-state index in [1.165, 1.54) is 12.1 Å². The standard InChI is InChI=1S/C16H22FN3O2/c1-3-4-9-19(2)16(22)18-13-10-15(21)20(11-13)14-7-5-12(17)6-8-14/h5-8,13H,3-4,9-11H2,1-2H3,(H,18,22)/t13-/m0/s1. The number of hydrogen-bond donors (Lipinski definition) is 1. The Bertz CT molecular complexity index is 533. The number of carbonyl (C=O) groups excluding carboxylic acids is 2. The lowest BCUT2D eigenvalue weighted by molar-refractivity contribution is -0.117. The van der Waals surface area contributed by atoms with E-state index in [0.717, 1.165) is 12.8 Å². The number of nitrogens with one attached hydrogen (secondary N) is 1. The summed E-state index contributed by atoms with van der Waals surface area (Å²) in [6.45, 7) is 3.18. The van der Waals surface area contributed by atoms with E-state index in [1.54, 1.807) is 29.0 Å². The van der Waals surface area contributed by atoms with Crippen LogP contribution >= 0.6 is 0 Å². The van der Waals surface area contributed by atoms with Gasteiger partial charge in [0.25, 0.3) is 0 Å². The number of rotatable bonds is 5. The second-order valence-corrected chi connectivity index (χ2v) is 5.61. The minimum absolute atomic E-state index is 0.0619. The second kappa shape index (κ2) is 7.24. The van der Waals surface area contributed by atoms with Crippen LogP contribution in [0.15, 0.2) is 24.3 Å². The van der Waals surface area contributed by atoms with Gasteiger partial charge in [-0.3, -0.25) is 4.79 Å². The lowest BCUT2D eigenvalue weighted by Gasteiger charge is -2.21. The van der Waals surface area contributed by atoms with Gasteiger partial charge in [0.1, 0.15) is 5.82 Å². The molecule has 1 aliphatic heterocycles. The summed E-state index contributed by atoms with van der Waals surface area (Å²) >= 11 is 0. The van der Waals surface area contributed by atoms with Gasteiger partial charge >= 0.3 is 6.03 Å². The number of benzene rings is 1. The average Bonchev–Trinajstić information content (AvgIpc) is 2.86. The van der Waals surface area contributed by atoms with Gasteiger partial charge in [-0.25, -0.2) is 9.18 Å². The quantitative estimate of drug-likeness (QED) is 0.908. The number of halogens is 1. The normalized spacial score (nSPS) is 17.7. The molecule has 5 nitrogen and oxygen atoms in total. The van der Waals surface area contributed by atoms with Gasteiger partial charge in [0.05, 0.1) is 6.04 Å². The number of urea groups is 1. The number of carbonyl (C=O) groups is 2. The fourth-order valence-corrected chi connectivity index (χ4v) is 2.46. The molecule has 0 aliphatic carbocycles. The minimum Gasteiger partial charge on any atom is -0.333 e. The van der Waals surface area contributed by atoms with Gasteiger partial charge in [-0.15, -0.1) is 0 Å². The van der Waals surface area contributed by atoms with Crippen molar-refractivity contribution in [1.29, 1.82) is 0 Å². The number of amides is 3. The number of hydrogen-bond acceptors (Lipinski definition) is 2. The second-order valence-electron chi connectivity index (χ2n) is 5.61. The molecule has 0 aromatic heterocycles. The van der Waals surface area contributed by atoms with Crippen LogP contribution in [0, 0.1) is 5.82 Å². The summed E-state index contributed by atoms with van der Waals surface area (Å²) in [5.74, 6) is -0.397. The zero-order chi connectivity index (χ0) is 16.1. The third-order valence-corrected chi connectivity index (χ3v) is 3.78. The van der Waals surface area contributed by atoms with E-state index in [0.29, 0.717) is 18.8 Å². The molecule has 22 heavy (non-hydrogen) atoms. The summed E-state index contributed by atoms with van der Waals surface area (Å²) in [6.07, 6.45) is 2.25. The summed E-state index contributed by atoms with van der Waals surface area (Å²) < 4.78 is 12.9. The highest BCUT2D eigenvalue weighted by molar-refractivity contribution is 5.96. The summed E-state index contributed by atoms with van der Waals surface area (Å²) in [4.78, 5) is 27.3. The van der Waals surface area contributed by atoms with Crippen LogP contribution in [0.5, 0.6) is 0 Å². The molecule has 0 bridgehead atoms. The molecule has 3 amide bonds. The molecule has 1 aromatic rings. The monoisotopic (exact) mass is 307 g/mol. The van der Waals surface area contributed by atoms with Crippen molar-refractivity contribution in [3.63, 3.8) is 0 Å².